The first-order chi connectivity index (χ1) is 11.5. The molecule has 0 aromatic heterocycles. The minimum absolute atomic E-state index is 0.190. The van der Waals surface area contributed by atoms with Crippen molar-refractivity contribution in [2.45, 2.75) is 39.1 Å². The van der Waals surface area contributed by atoms with Gasteiger partial charge in [0, 0.05) is 12.7 Å². The lowest BCUT2D eigenvalue weighted by Crippen LogP contribution is -2.46. The van der Waals surface area contributed by atoms with Gasteiger partial charge in [0.1, 0.15) is 0 Å². The number of ether oxygens (including phenoxy) is 1. The van der Waals surface area contributed by atoms with Gasteiger partial charge < -0.3 is 15.0 Å². The fraction of sp³-hybridized carbons (Fsp3) is 0.412. The quantitative estimate of drug-likeness (QED) is 0.842. The van der Waals surface area contributed by atoms with Gasteiger partial charge in [-0.2, -0.15) is 13.2 Å². The van der Waals surface area contributed by atoms with E-state index in [9.17, 15) is 22.8 Å². The summed E-state index contributed by atoms with van der Waals surface area (Å²) in [6.45, 7) is 4.96. The molecule has 5 nitrogen and oxygen atoms in total. The third kappa shape index (κ3) is 3.94. The smallest absolute Gasteiger partial charge is 0.416 e. The minimum atomic E-state index is -4.46. The van der Waals surface area contributed by atoms with Crippen molar-refractivity contribution in [3.05, 3.63) is 46.7 Å². The third-order valence-electron chi connectivity index (χ3n) is 3.89. The average molecular weight is 356 g/mol. The maximum Gasteiger partial charge on any atom is 0.416 e. The van der Waals surface area contributed by atoms with E-state index in [1.165, 1.54) is 24.1 Å². The van der Waals surface area contributed by atoms with Gasteiger partial charge in [0.25, 0.3) is 0 Å². The van der Waals surface area contributed by atoms with Gasteiger partial charge in [-0.15, -0.1) is 0 Å². The Balaban J connectivity index is 2.46. The maximum atomic E-state index is 12.7. The lowest BCUT2D eigenvalue weighted by molar-refractivity contribution is -0.143. The summed E-state index contributed by atoms with van der Waals surface area (Å²) in [4.78, 5) is 25.8. The molecule has 2 rings (SSSR count). The van der Waals surface area contributed by atoms with Crippen LogP contribution in [0.3, 0.4) is 0 Å². The fourth-order valence-corrected chi connectivity index (χ4v) is 2.49. The third-order valence-corrected chi connectivity index (χ3v) is 3.89. The number of carbonyl (C=O) groups is 2. The van der Waals surface area contributed by atoms with Crippen LogP contribution in [0.25, 0.3) is 0 Å². The number of benzene rings is 1. The minimum Gasteiger partial charge on any atom is -0.459 e. The molecule has 0 unspecified atom stereocenters. The number of hydrogen-bond donors (Lipinski definition) is 1. The number of urea groups is 1. The van der Waals surface area contributed by atoms with Gasteiger partial charge in [0.15, 0.2) is 0 Å². The number of carbonyl (C=O) groups excluding carboxylic acids is 2. The Bertz CT molecular complexity index is 709. The zero-order valence-corrected chi connectivity index (χ0v) is 14.3. The molecule has 0 saturated carbocycles. The highest BCUT2D eigenvalue weighted by molar-refractivity contribution is 5.95. The predicted octanol–water partition coefficient (Wildman–Crippen LogP) is 3.63. The van der Waals surface area contributed by atoms with E-state index in [-0.39, 0.29) is 11.7 Å². The molecule has 1 aromatic carbocycles. The molecule has 2 amide bonds. The van der Waals surface area contributed by atoms with Gasteiger partial charge in [-0.05, 0) is 38.5 Å². The number of nitrogens with one attached hydrogen (secondary N) is 1. The van der Waals surface area contributed by atoms with Crippen LogP contribution >= 0.6 is 0 Å². The van der Waals surface area contributed by atoms with Crippen LogP contribution in [0.2, 0.25) is 0 Å². The normalized spacial score (nSPS) is 18.5. The molecule has 25 heavy (non-hydrogen) atoms. The Labute approximate surface area is 143 Å². The van der Waals surface area contributed by atoms with Crippen molar-refractivity contribution in [1.82, 2.24) is 10.2 Å². The van der Waals surface area contributed by atoms with Gasteiger partial charge >= 0.3 is 18.2 Å². The van der Waals surface area contributed by atoms with Crippen LogP contribution < -0.4 is 5.32 Å². The van der Waals surface area contributed by atoms with Crippen LogP contribution in [0.4, 0.5) is 18.0 Å². The van der Waals surface area contributed by atoms with E-state index in [2.05, 4.69) is 5.32 Å². The Kier molecular flexibility index (Phi) is 5.10. The van der Waals surface area contributed by atoms with Gasteiger partial charge in [0.2, 0.25) is 0 Å². The number of allylic oxidation sites excluding steroid dienone is 1. The molecule has 8 heteroatoms. The van der Waals surface area contributed by atoms with E-state index in [1.807, 2.05) is 0 Å². The van der Waals surface area contributed by atoms with Gasteiger partial charge in [-0.3, -0.25) is 0 Å². The van der Waals surface area contributed by atoms with E-state index >= 15 is 0 Å². The molecule has 1 aromatic rings. The zero-order chi connectivity index (χ0) is 18.9. The summed E-state index contributed by atoms with van der Waals surface area (Å²) in [7, 11) is 1.50. The van der Waals surface area contributed by atoms with Gasteiger partial charge in [-0.25, -0.2) is 9.59 Å². The van der Waals surface area contributed by atoms with E-state index in [0.717, 1.165) is 12.1 Å². The molecule has 0 radical (unpaired) electrons. The highest BCUT2D eigenvalue weighted by Gasteiger charge is 2.36. The van der Waals surface area contributed by atoms with Gasteiger partial charge in [0.05, 0.1) is 23.3 Å². The van der Waals surface area contributed by atoms with Crippen molar-refractivity contribution in [2.24, 2.45) is 0 Å². The van der Waals surface area contributed by atoms with E-state index in [4.69, 9.17) is 4.74 Å². The Morgan fingerprint density at radius 2 is 1.80 bits per heavy atom. The van der Waals surface area contributed by atoms with Crippen molar-refractivity contribution in [3.8, 4) is 0 Å². The molecule has 0 fully saturated rings. The van der Waals surface area contributed by atoms with Crippen LogP contribution in [0.5, 0.6) is 0 Å². The molecule has 136 valence electrons. The van der Waals surface area contributed by atoms with Crippen molar-refractivity contribution in [1.29, 1.82) is 0 Å². The Morgan fingerprint density at radius 1 is 1.24 bits per heavy atom. The average Bonchev–Trinajstić information content (AvgIpc) is 2.50. The first-order valence-electron chi connectivity index (χ1n) is 7.65. The van der Waals surface area contributed by atoms with Crippen LogP contribution in [0.1, 0.15) is 37.9 Å². The van der Waals surface area contributed by atoms with Gasteiger partial charge in [-0.1, -0.05) is 12.1 Å². The predicted molar refractivity (Wildman–Crippen MR) is 84.4 cm³/mol. The monoisotopic (exact) mass is 356 g/mol. The van der Waals surface area contributed by atoms with Crippen molar-refractivity contribution in [2.75, 3.05) is 7.05 Å². The summed E-state index contributed by atoms with van der Waals surface area (Å²) in [6, 6.07) is 2.99. The summed E-state index contributed by atoms with van der Waals surface area (Å²) in [5.41, 5.74) is 0.141. The summed E-state index contributed by atoms with van der Waals surface area (Å²) < 4.78 is 43.4. The molecule has 1 aliphatic rings. The largest absolute Gasteiger partial charge is 0.459 e. The van der Waals surface area contributed by atoms with Crippen LogP contribution in [-0.4, -0.2) is 30.1 Å². The second kappa shape index (κ2) is 6.78. The van der Waals surface area contributed by atoms with E-state index < -0.39 is 29.8 Å². The molecule has 1 heterocycles. The molecule has 0 saturated heterocycles. The first kappa shape index (κ1) is 18.8. The fourth-order valence-electron chi connectivity index (χ4n) is 2.49. The second-order valence-corrected chi connectivity index (χ2v) is 6.01. The molecule has 0 spiro atoms. The van der Waals surface area contributed by atoms with Crippen molar-refractivity contribution in [3.63, 3.8) is 0 Å². The number of nitrogens with zero attached hydrogens (tertiary/aromatic N) is 1. The second-order valence-electron chi connectivity index (χ2n) is 6.01. The highest BCUT2D eigenvalue weighted by Crippen LogP contribution is 2.34. The number of halogens is 3. The first-order valence-corrected chi connectivity index (χ1v) is 7.65. The zero-order valence-electron chi connectivity index (χ0n) is 14.3. The maximum absolute atomic E-state index is 12.7. The molecule has 1 N–H and O–H groups in total. The van der Waals surface area contributed by atoms with Crippen molar-refractivity contribution >= 4 is 12.0 Å². The Hall–Kier alpha value is -2.51. The highest BCUT2D eigenvalue weighted by atomic mass is 19.4. The number of alkyl halides is 3. The summed E-state index contributed by atoms with van der Waals surface area (Å²) in [5.74, 6) is -0.621. The molecular weight excluding hydrogens is 337 g/mol. The van der Waals surface area contributed by atoms with Crippen LogP contribution in [0.15, 0.2) is 35.5 Å². The summed E-state index contributed by atoms with van der Waals surface area (Å²) >= 11 is 0. The lowest BCUT2D eigenvalue weighted by atomic mass is 9.94. The van der Waals surface area contributed by atoms with E-state index in [0.29, 0.717) is 11.3 Å². The molecule has 1 aliphatic heterocycles. The lowest BCUT2D eigenvalue weighted by Gasteiger charge is -2.33. The topological polar surface area (TPSA) is 58.6 Å². The number of esters is 1. The SMILES string of the molecule is CC1=C(C(=O)OC(C)C)[C@H](c2ccc(C(F)(F)F)cc2)NC(=O)N1C. The van der Waals surface area contributed by atoms with Crippen LogP contribution in [-0.2, 0) is 15.7 Å². The molecule has 1 atom stereocenters. The molecule has 0 bridgehead atoms. The number of rotatable bonds is 3. The molecular formula is C17H19F3N2O3. The van der Waals surface area contributed by atoms with E-state index in [1.54, 1.807) is 20.8 Å². The number of hydrogen-bond acceptors (Lipinski definition) is 3. The Morgan fingerprint density at radius 3 is 2.28 bits per heavy atom. The summed E-state index contributed by atoms with van der Waals surface area (Å²) in [5, 5.41) is 2.62. The summed E-state index contributed by atoms with van der Waals surface area (Å²) in [6.07, 6.45) is -4.83. The molecule has 0 aliphatic carbocycles. The number of amides is 2. The van der Waals surface area contributed by atoms with Crippen molar-refractivity contribution < 1.29 is 27.5 Å². The standard InChI is InChI=1S/C17H19F3N2O3/c1-9(2)25-15(23)13-10(3)22(4)16(24)21-14(13)11-5-7-12(8-6-11)17(18,19)20/h5-9,14H,1-4H3,(H,21,24)/t14-/m0/s1. The van der Waals surface area contributed by atoms with Crippen LogP contribution in [0, 0.1) is 0 Å².